The van der Waals surface area contributed by atoms with E-state index in [1.54, 1.807) is 23.0 Å². The number of aromatic nitrogens is 4. The first-order valence-electron chi connectivity index (χ1n) is 11.7. The molecule has 3 heterocycles. The molecule has 0 atom stereocenters. The summed E-state index contributed by atoms with van der Waals surface area (Å²) in [6.07, 6.45) is 8.46. The van der Waals surface area contributed by atoms with Gasteiger partial charge >= 0.3 is 0 Å². The first-order valence-corrected chi connectivity index (χ1v) is 11.7. The molecule has 6 rings (SSSR count). The van der Waals surface area contributed by atoms with Crippen LogP contribution in [0.2, 0.25) is 0 Å². The Hall–Kier alpha value is -3.03. The fourth-order valence-electron chi connectivity index (χ4n) is 5.02. The third kappa shape index (κ3) is 3.51. The van der Waals surface area contributed by atoms with E-state index in [1.165, 1.54) is 25.0 Å². The van der Waals surface area contributed by atoms with Crippen molar-refractivity contribution in [3.05, 3.63) is 42.1 Å². The maximum Gasteiger partial charge on any atom is 0.225 e. The molecule has 2 aromatic heterocycles. The van der Waals surface area contributed by atoms with Gasteiger partial charge in [0.25, 0.3) is 0 Å². The minimum Gasteiger partial charge on any atom is -0.352 e. The molecule has 0 unspecified atom stereocenters. The predicted molar refractivity (Wildman–Crippen MR) is 119 cm³/mol. The van der Waals surface area contributed by atoms with E-state index in [9.17, 15) is 9.18 Å². The predicted octanol–water partition coefficient (Wildman–Crippen LogP) is 3.67. The topological polar surface area (TPSA) is 67.2 Å². The summed E-state index contributed by atoms with van der Waals surface area (Å²) in [5, 5.41) is 5.47. The fourth-order valence-corrected chi connectivity index (χ4v) is 5.02. The molecule has 0 radical (unpaired) electrons. The first-order chi connectivity index (χ1) is 15.7. The smallest absolute Gasteiger partial charge is 0.225 e. The monoisotopic (exact) mass is 434 g/mol. The van der Waals surface area contributed by atoms with Crippen LogP contribution in [0.3, 0.4) is 0 Å². The molecule has 166 valence electrons. The first kappa shape index (κ1) is 19.6. The summed E-state index contributed by atoms with van der Waals surface area (Å²) >= 11 is 0. The minimum absolute atomic E-state index is 0.225. The number of halogens is 1. The Morgan fingerprint density at radius 2 is 1.66 bits per heavy atom. The number of piperazine rings is 1. The van der Waals surface area contributed by atoms with Crippen molar-refractivity contribution in [1.29, 1.82) is 0 Å². The average molecular weight is 435 g/mol. The van der Waals surface area contributed by atoms with Crippen molar-refractivity contribution in [2.75, 3.05) is 31.1 Å². The Bertz CT molecular complexity index is 1140. The van der Waals surface area contributed by atoms with Gasteiger partial charge in [-0.1, -0.05) is 12.8 Å². The Morgan fingerprint density at radius 3 is 2.34 bits per heavy atom. The number of rotatable bonds is 4. The summed E-state index contributed by atoms with van der Waals surface area (Å²) in [7, 11) is 0. The normalized spacial score (nSPS) is 19.8. The molecule has 3 aromatic rings. The molecule has 2 aliphatic carbocycles. The summed E-state index contributed by atoms with van der Waals surface area (Å²) in [5.41, 5.74) is 1.53. The van der Waals surface area contributed by atoms with Gasteiger partial charge in [-0.3, -0.25) is 4.79 Å². The molecular formula is C24H27FN6O. The second kappa shape index (κ2) is 7.83. The Kier molecular flexibility index (Phi) is 4.81. The van der Waals surface area contributed by atoms with Crippen molar-refractivity contribution in [2.24, 2.45) is 5.92 Å². The summed E-state index contributed by atoms with van der Waals surface area (Å²) in [6.45, 7) is 2.98. The van der Waals surface area contributed by atoms with Gasteiger partial charge in [0.05, 0.1) is 17.3 Å². The third-order valence-electron chi connectivity index (χ3n) is 7.03. The highest BCUT2D eigenvalue weighted by molar-refractivity contribution is 5.88. The van der Waals surface area contributed by atoms with Crippen molar-refractivity contribution in [2.45, 2.75) is 44.4 Å². The number of carbonyl (C=O) groups excluding carboxylic acids is 1. The van der Waals surface area contributed by atoms with Crippen LogP contribution < -0.4 is 4.90 Å². The van der Waals surface area contributed by atoms with Crippen LogP contribution in [0.15, 0.2) is 30.5 Å². The van der Waals surface area contributed by atoms with Crippen LogP contribution in [0, 0.1) is 11.7 Å². The van der Waals surface area contributed by atoms with Crippen molar-refractivity contribution in [3.63, 3.8) is 0 Å². The van der Waals surface area contributed by atoms with Gasteiger partial charge in [0.1, 0.15) is 17.5 Å². The molecule has 1 aliphatic heterocycles. The van der Waals surface area contributed by atoms with Crippen molar-refractivity contribution in [3.8, 4) is 5.69 Å². The zero-order chi connectivity index (χ0) is 21.7. The molecular weight excluding hydrogens is 407 g/mol. The van der Waals surface area contributed by atoms with Gasteiger partial charge in [0.2, 0.25) is 5.91 Å². The molecule has 2 saturated carbocycles. The van der Waals surface area contributed by atoms with Gasteiger partial charge in [-0.25, -0.2) is 19.0 Å². The lowest BCUT2D eigenvalue weighted by Gasteiger charge is -2.36. The zero-order valence-corrected chi connectivity index (χ0v) is 18.1. The highest BCUT2D eigenvalue weighted by Gasteiger charge is 2.32. The molecule has 0 bridgehead atoms. The van der Waals surface area contributed by atoms with Crippen LogP contribution in [0.5, 0.6) is 0 Å². The Morgan fingerprint density at radius 1 is 0.938 bits per heavy atom. The van der Waals surface area contributed by atoms with Gasteiger partial charge in [-0.15, -0.1) is 0 Å². The van der Waals surface area contributed by atoms with Crippen LogP contribution >= 0.6 is 0 Å². The van der Waals surface area contributed by atoms with Gasteiger partial charge in [0, 0.05) is 38.0 Å². The molecule has 1 saturated heterocycles. The van der Waals surface area contributed by atoms with Gasteiger partial charge in [-0.05, 0) is 49.9 Å². The van der Waals surface area contributed by atoms with Crippen LogP contribution in [-0.4, -0.2) is 56.7 Å². The summed E-state index contributed by atoms with van der Waals surface area (Å²) in [6, 6.07) is 6.31. The molecule has 1 aromatic carbocycles. The summed E-state index contributed by atoms with van der Waals surface area (Å²) < 4.78 is 15.2. The quantitative estimate of drug-likeness (QED) is 0.627. The Balaban J connectivity index is 1.30. The van der Waals surface area contributed by atoms with Gasteiger partial charge in [-0.2, -0.15) is 5.10 Å². The van der Waals surface area contributed by atoms with Crippen LogP contribution in [0.1, 0.15) is 50.3 Å². The van der Waals surface area contributed by atoms with Crippen LogP contribution in [0.4, 0.5) is 10.2 Å². The van der Waals surface area contributed by atoms with Gasteiger partial charge in [0.15, 0.2) is 5.65 Å². The number of anilines is 1. The maximum atomic E-state index is 13.4. The largest absolute Gasteiger partial charge is 0.352 e. The fraction of sp³-hybridized carbons (Fsp3) is 0.500. The molecule has 1 amide bonds. The molecule has 8 heteroatoms. The molecule has 3 aliphatic rings. The van der Waals surface area contributed by atoms with E-state index in [2.05, 4.69) is 10.00 Å². The number of fused-ring (bicyclic) bond motifs is 1. The molecule has 3 fully saturated rings. The number of hydrogen-bond donors (Lipinski definition) is 0. The van der Waals surface area contributed by atoms with E-state index in [4.69, 9.17) is 9.97 Å². The molecule has 0 spiro atoms. The van der Waals surface area contributed by atoms with E-state index in [-0.39, 0.29) is 11.7 Å². The van der Waals surface area contributed by atoms with E-state index in [0.717, 1.165) is 80.2 Å². The summed E-state index contributed by atoms with van der Waals surface area (Å²) in [4.78, 5) is 26.9. The second-order valence-electron chi connectivity index (χ2n) is 9.24. The Labute approximate surface area is 186 Å². The van der Waals surface area contributed by atoms with E-state index >= 15 is 0 Å². The van der Waals surface area contributed by atoms with Crippen molar-refractivity contribution >= 4 is 22.8 Å². The van der Waals surface area contributed by atoms with E-state index < -0.39 is 0 Å². The van der Waals surface area contributed by atoms with Gasteiger partial charge < -0.3 is 9.80 Å². The number of carbonyl (C=O) groups is 1. The average Bonchev–Trinajstić information content (AvgIpc) is 3.36. The van der Waals surface area contributed by atoms with E-state index in [1.807, 2.05) is 4.90 Å². The van der Waals surface area contributed by atoms with Crippen LogP contribution in [-0.2, 0) is 4.79 Å². The molecule has 0 N–H and O–H groups in total. The lowest BCUT2D eigenvalue weighted by Crippen LogP contribution is -2.50. The minimum atomic E-state index is -0.274. The SMILES string of the molecule is O=C(C1CCCC1)N1CCN(c2nc(C3CC3)nc3c2cnn3-c2ccc(F)cc2)CC1. The molecule has 32 heavy (non-hydrogen) atoms. The zero-order valence-electron chi connectivity index (χ0n) is 18.1. The third-order valence-corrected chi connectivity index (χ3v) is 7.03. The number of amides is 1. The molecule has 7 nitrogen and oxygen atoms in total. The number of benzene rings is 1. The standard InChI is InChI=1S/C24H27FN6O/c25-18-7-9-19(10-8-18)31-23-20(15-26-31)22(27-21(28-23)16-5-6-16)29-11-13-30(14-12-29)24(32)17-3-1-2-4-17/h7-10,15-17H,1-6,11-14H2. The maximum absolute atomic E-state index is 13.4. The lowest BCUT2D eigenvalue weighted by molar-refractivity contribution is -0.135. The lowest BCUT2D eigenvalue weighted by atomic mass is 10.1. The van der Waals surface area contributed by atoms with Crippen molar-refractivity contribution in [1.82, 2.24) is 24.6 Å². The number of nitrogens with zero attached hydrogens (tertiary/aromatic N) is 6. The van der Waals surface area contributed by atoms with E-state index in [0.29, 0.717) is 11.8 Å². The van der Waals surface area contributed by atoms with Crippen LogP contribution in [0.25, 0.3) is 16.7 Å². The summed E-state index contributed by atoms with van der Waals surface area (Å²) in [5.74, 6) is 2.45. The second-order valence-corrected chi connectivity index (χ2v) is 9.24. The highest BCUT2D eigenvalue weighted by Crippen LogP contribution is 2.40. The van der Waals surface area contributed by atoms with Crippen molar-refractivity contribution < 1.29 is 9.18 Å². The number of hydrogen-bond acceptors (Lipinski definition) is 5. The highest BCUT2D eigenvalue weighted by atomic mass is 19.1.